The molecule has 0 saturated carbocycles. The Kier molecular flexibility index (Phi) is 18.0. The molecule has 0 aromatic carbocycles. The van der Waals surface area contributed by atoms with Crippen LogP contribution in [0.1, 0.15) is 66.2 Å². The molecular formula is C20H44N4O2. The molecule has 0 aliphatic heterocycles. The summed E-state index contributed by atoms with van der Waals surface area (Å²) in [5.41, 5.74) is 0. The summed E-state index contributed by atoms with van der Waals surface area (Å²) in [4.78, 5) is 28.2. The van der Waals surface area contributed by atoms with Crippen LogP contribution in [0.2, 0.25) is 0 Å². The third-order valence-electron chi connectivity index (χ3n) is 4.27. The molecule has 6 heteroatoms. The highest BCUT2D eigenvalue weighted by Crippen LogP contribution is 2.06. The molecule has 0 bridgehead atoms. The van der Waals surface area contributed by atoms with Gasteiger partial charge in [0.15, 0.2) is 0 Å². The largest absolute Gasteiger partial charge is 0.355 e. The maximum atomic E-state index is 12.2. The number of carbonyl (C=O) groups is 2. The standard InChI is InChI=1S/C18H38N4O2.C2H6/c1-7-9-13-19-18(24)16(22(5)6)12-10-11-14-20-17(23)15(8-2)21(3)4;1-2/h15-16H,7-14H2,1-6H3,(H,19,24)(H,20,23);1-2H3/t15-,16?;/m0./s1. The van der Waals surface area contributed by atoms with Crippen molar-refractivity contribution in [3.63, 3.8) is 0 Å². The second-order valence-electron chi connectivity index (χ2n) is 6.80. The summed E-state index contributed by atoms with van der Waals surface area (Å²) in [7, 11) is 7.72. The molecule has 0 aromatic heterocycles. The number of hydrogen-bond donors (Lipinski definition) is 2. The molecule has 0 rings (SSSR count). The highest BCUT2D eigenvalue weighted by molar-refractivity contribution is 5.82. The van der Waals surface area contributed by atoms with Crippen molar-refractivity contribution < 1.29 is 9.59 Å². The SMILES string of the molecule is CC.CCCCNC(=O)C(CCCCNC(=O)[C@H](CC)N(C)C)N(C)C. The van der Waals surface area contributed by atoms with Crippen molar-refractivity contribution in [2.75, 3.05) is 41.3 Å². The average Bonchev–Trinajstić information content (AvgIpc) is 2.59. The van der Waals surface area contributed by atoms with E-state index in [-0.39, 0.29) is 23.9 Å². The number of nitrogens with one attached hydrogen (secondary N) is 2. The van der Waals surface area contributed by atoms with Crippen LogP contribution in [0.25, 0.3) is 0 Å². The van der Waals surface area contributed by atoms with E-state index in [0.717, 1.165) is 45.1 Å². The fraction of sp³-hybridized carbons (Fsp3) is 0.900. The summed E-state index contributed by atoms with van der Waals surface area (Å²) in [5.74, 6) is 0.195. The molecule has 2 amide bonds. The summed E-state index contributed by atoms with van der Waals surface area (Å²) in [6.45, 7) is 9.55. The predicted octanol–water partition coefficient (Wildman–Crippen LogP) is 2.49. The second-order valence-corrected chi connectivity index (χ2v) is 6.80. The highest BCUT2D eigenvalue weighted by atomic mass is 16.2. The molecule has 0 aromatic rings. The first-order valence-corrected chi connectivity index (χ1v) is 10.2. The number of hydrogen-bond acceptors (Lipinski definition) is 4. The fourth-order valence-electron chi connectivity index (χ4n) is 2.71. The van der Waals surface area contributed by atoms with Gasteiger partial charge in [-0.2, -0.15) is 0 Å². The minimum Gasteiger partial charge on any atom is -0.355 e. The Labute approximate surface area is 162 Å². The highest BCUT2D eigenvalue weighted by Gasteiger charge is 2.20. The molecule has 2 atom stereocenters. The predicted molar refractivity (Wildman–Crippen MR) is 111 cm³/mol. The molecule has 26 heavy (non-hydrogen) atoms. The quantitative estimate of drug-likeness (QED) is 0.488. The zero-order valence-electron chi connectivity index (χ0n) is 18.5. The van der Waals surface area contributed by atoms with Gasteiger partial charge in [-0.3, -0.25) is 19.4 Å². The molecule has 0 aliphatic rings. The summed E-state index contributed by atoms with van der Waals surface area (Å²) < 4.78 is 0. The summed E-state index contributed by atoms with van der Waals surface area (Å²) in [6.07, 6.45) is 5.52. The smallest absolute Gasteiger partial charge is 0.237 e. The summed E-state index contributed by atoms with van der Waals surface area (Å²) in [5, 5.41) is 6.00. The number of nitrogens with zero attached hydrogens (tertiary/aromatic N) is 2. The van der Waals surface area contributed by atoms with E-state index in [1.807, 2.05) is 58.8 Å². The number of carbonyl (C=O) groups excluding carboxylic acids is 2. The molecule has 0 aliphatic carbocycles. The average molecular weight is 373 g/mol. The molecule has 156 valence electrons. The van der Waals surface area contributed by atoms with Gasteiger partial charge in [0.05, 0.1) is 12.1 Å². The van der Waals surface area contributed by atoms with Crippen LogP contribution in [0.5, 0.6) is 0 Å². The van der Waals surface area contributed by atoms with Crippen molar-refractivity contribution in [1.29, 1.82) is 0 Å². The Morgan fingerprint density at radius 3 is 1.65 bits per heavy atom. The Bertz CT molecular complexity index is 360. The van der Waals surface area contributed by atoms with Gasteiger partial charge in [0.2, 0.25) is 11.8 Å². The van der Waals surface area contributed by atoms with E-state index in [1.54, 1.807) is 0 Å². The number of unbranched alkanes of at least 4 members (excludes halogenated alkanes) is 2. The lowest BCUT2D eigenvalue weighted by molar-refractivity contribution is -0.126. The van der Waals surface area contributed by atoms with E-state index >= 15 is 0 Å². The van der Waals surface area contributed by atoms with Crippen LogP contribution in [0, 0.1) is 0 Å². The fourth-order valence-corrected chi connectivity index (χ4v) is 2.71. The zero-order valence-corrected chi connectivity index (χ0v) is 18.5. The molecule has 6 nitrogen and oxygen atoms in total. The molecule has 0 saturated heterocycles. The van der Waals surface area contributed by atoms with Gasteiger partial charge in [0, 0.05) is 13.1 Å². The van der Waals surface area contributed by atoms with Crippen molar-refractivity contribution >= 4 is 11.8 Å². The van der Waals surface area contributed by atoms with E-state index in [2.05, 4.69) is 17.6 Å². The van der Waals surface area contributed by atoms with Crippen LogP contribution < -0.4 is 10.6 Å². The first-order valence-electron chi connectivity index (χ1n) is 10.2. The van der Waals surface area contributed by atoms with Gasteiger partial charge in [-0.1, -0.05) is 34.1 Å². The van der Waals surface area contributed by atoms with Gasteiger partial charge in [-0.15, -0.1) is 0 Å². The van der Waals surface area contributed by atoms with Crippen molar-refractivity contribution in [3.8, 4) is 0 Å². The van der Waals surface area contributed by atoms with Gasteiger partial charge in [0.1, 0.15) is 0 Å². The molecular weight excluding hydrogens is 328 g/mol. The van der Waals surface area contributed by atoms with Crippen LogP contribution in [0.15, 0.2) is 0 Å². The Hall–Kier alpha value is -1.14. The third-order valence-corrected chi connectivity index (χ3v) is 4.27. The van der Waals surface area contributed by atoms with Crippen LogP contribution in [-0.2, 0) is 9.59 Å². The van der Waals surface area contributed by atoms with Crippen LogP contribution >= 0.6 is 0 Å². The second kappa shape index (κ2) is 17.3. The molecule has 1 unspecified atom stereocenters. The van der Waals surface area contributed by atoms with Crippen LogP contribution in [-0.4, -0.2) is 75.0 Å². The lowest BCUT2D eigenvalue weighted by atomic mass is 10.1. The minimum atomic E-state index is -0.0947. The topological polar surface area (TPSA) is 64.7 Å². The van der Waals surface area contributed by atoms with Crippen molar-refractivity contribution in [2.45, 2.75) is 78.3 Å². The molecule has 0 fully saturated rings. The zero-order chi connectivity index (χ0) is 20.5. The Morgan fingerprint density at radius 1 is 0.769 bits per heavy atom. The van der Waals surface area contributed by atoms with Gasteiger partial charge in [-0.25, -0.2) is 0 Å². The number of likely N-dealkylation sites (N-methyl/N-ethyl adjacent to an activating group) is 2. The van der Waals surface area contributed by atoms with E-state index < -0.39 is 0 Å². The number of rotatable bonds is 13. The van der Waals surface area contributed by atoms with Crippen LogP contribution in [0.4, 0.5) is 0 Å². The van der Waals surface area contributed by atoms with Gasteiger partial charge in [0.25, 0.3) is 0 Å². The first-order chi connectivity index (χ1) is 12.3. The van der Waals surface area contributed by atoms with E-state index in [1.165, 1.54) is 0 Å². The molecule has 0 spiro atoms. The van der Waals surface area contributed by atoms with Crippen molar-refractivity contribution in [3.05, 3.63) is 0 Å². The normalized spacial score (nSPS) is 13.0. The molecule has 2 N–H and O–H groups in total. The maximum absolute atomic E-state index is 12.2. The van der Waals surface area contributed by atoms with E-state index in [4.69, 9.17) is 0 Å². The third kappa shape index (κ3) is 12.3. The first kappa shape index (κ1) is 27.1. The lowest BCUT2D eigenvalue weighted by Gasteiger charge is -2.24. The van der Waals surface area contributed by atoms with Gasteiger partial charge in [-0.05, 0) is 60.3 Å². The van der Waals surface area contributed by atoms with E-state index in [9.17, 15) is 9.59 Å². The van der Waals surface area contributed by atoms with Crippen molar-refractivity contribution in [1.82, 2.24) is 20.4 Å². The summed E-state index contributed by atoms with van der Waals surface area (Å²) >= 11 is 0. The van der Waals surface area contributed by atoms with E-state index in [0.29, 0.717) is 6.54 Å². The number of amides is 2. The van der Waals surface area contributed by atoms with Crippen LogP contribution in [0.3, 0.4) is 0 Å². The van der Waals surface area contributed by atoms with Crippen molar-refractivity contribution in [2.24, 2.45) is 0 Å². The molecule has 0 heterocycles. The summed E-state index contributed by atoms with van der Waals surface area (Å²) in [6, 6.07) is -0.161. The van der Waals surface area contributed by atoms with Gasteiger partial charge >= 0.3 is 0 Å². The minimum absolute atomic E-state index is 0.0659. The Balaban J connectivity index is 0. The maximum Gasteiger partial charge on any atom is 0.237 e. The Morgan fingerprint density at radius 2 is 1.23 bits per heavy atom. The molecule has 0 radical (unpaired) electrons. The monoisotopic (exact) mass is 372 g/mol. The van der Waals surface area contributed by atoms with Gasteiger partial charge < -0.3 is 10.6 Å². The lowest BCUT2D eigenvalue weighted by Crippen LogP contribution is -2.44.